The maximum atomic E-state index is 14.6. The zero-order chi connectivity index (χ0) is 27.8. The predicted molar refractivity (Wildman–Crippen MR) is 156 cm³/mol. The largest absolute Gasteiger partial charge is 0.480 e. The molecular formula is C32H46ClFN2O2. The van der Waals surface area contributed by atoms with Crippen LogP contribution in [0.15, 0.2) is 30.3 Å². The number of likely N-dealkylation sites (tertiary alicyclic amines) is 1. The zero-order valence-electron chi connectivity index (χ0n) is 23.9. The number of hydrogen-bond acceptors (Lipinski definition) is 3. The molecule has 0 saturated carbocycles. The number of aliphatic carboxylic acids is 1. The van der Waals surface area contributed by atoms with Gasteiger partial charge in [0.1, 0.15) is 11.9 Å². The number of carboxylic acid groups (broad SMARTS) is 1. The van der Waals surface area contributed by atoms with Gasteiger partial charge in [-0.15, -0.1) is 0 Å². The smallest absolute Gasteiger partial charge is 0.325 e. The highest BCUT2D eigenvalue weighted by Gasteiger charge is 2.31. The summed E-state index contributed by atoms with van der Waals surface area (Å²) in [7, 11) is 1.86. The van der Waals surface area contributed by atoms with E-state index in [1.54, 1.807) is 0 Å². The summed E-state index contributed by atoms with van der Waals surface area (Å²) in [6.45, 7) is 12.2. The Balaban J connectivity index is 1.87. The fourth-order valence-electron chi connectivity index (χ4n) is 6.34. The molecule has 2 aromatic rings. The minimum Gasteiger partial charge on any atom is -0.480 e. The van der Waals surface area contributed by atoms with Crippen LogP contribution in [0.25, 0.3) is 0 Å². The molecule has 0 aliphatic carbocycles. The molecule has 6 heteroatoms. The number of carbonyl (C=O) groups is 1. The van der Waals surface area contributed by atoms with Gasteiger partial charge in [0.15, 0.2) is 0 Å². The van der Waals surface area contributed by atoms with Crippen molar-refractivity contribution in [1.82, 2.24) is 9.80 Å². The minimum absolute atomic E-state index is 0.201. The quantitative estimate of drug-likeness (QED) is 0.276. The van der Waals surface area contributed by atoms with Gasteiger partial charge in [-0.25, -0.2) is 4.39 Å². The third kappa shape index (κ3) is 7.80. The molecule has 1 N–H and O–H groups in total. The van der Waals surface area contributed by atoms with Crippen LogP contribution >= 0.6 is 11.6 Å². The average Bonchev–Trinajstić information content (AvgIpc) is 2.88. The van der Waals surface area contributed by atoms with Gasteiger partial charge in [-0.1, -0.05) is 37.9 Å². The summed E-state index contributed by atoms with van der Waals surface area (Å²) in [5.74, 6) is -0.846. The van der Waals surface area contributed by atoms with Gasteiger partial charge < -0.3 is 10.0 Å². The van der Waals surface area contributed by atoms with E-state index in [2.05, 4.69) is 37.8 Å². The van der Waals surface area contributed by atoms with Crippen LogP contribution in [0.3, 0.4) is 0 Å². The fourth-order valence-corrected chi connectivity index (χ4v) is 6.52. The number of halogens is 2. The van der Waals surface area contributed by atoms with Crippen molar-refractivity contribution in [1.29, 1.82) is 0 Å². The predicted octanol–water partition coefficient (Wildman–Crippen LogP) is 8.11. The summed E-state index contributed by atoms with van der Waals surface area (Å²) in [5.41, 5.74) is 4.88. The SMILES string of the molecule is CCC(CC)c1c(C)cc(F)cc1C(C(=O)O)N(C)CC[C@H](CCN1CCCCC1)c1cc(Cl)ccc1C. The lowest BCUT2D eigenvalue weighted by atomic mass is 9.83. The Morgan fingerprint density at radius 2 is 1.68 bits per heavy atom. The number of likely N-dealkylation sites (N-methyl/N-ethyl adjacent to an activating group) is 1. The topological polar surface area (TPSA) is 43.8 Å². The Morgan fingerprint density at radius 1 is 1.00 bits per heavy atom. The van der Waals surface area contributed by atoms with Gasteiger partial charge in [-0.05, 0) is 150 Å². The summed E-state index contributed by atoms with van der Waals surface area (Å²) in [6, 6.07) is 8.17. The highest BCUT2D eigenvalue weighted by molar-refractivity contribution is 6.30. The molecule has 1 unspecified atom stereocenters. The lowest BCUT2D eigenvalue weighted by molar-refractivity contribution is -0.143. The molecule has 38 heavy (non-hydrogen) atoms. The normalized spacial score (nSPS) is 16.2. The van der Waals surface area contributed by atoms with Crippen molar-refractivity contribution in [3.8, 4) is 0 Å². The van der Waals surface area contributed by atoms with E-state index in [1.165, 1.54) is 42.5 Å². The summed E-state index contributed by atoms with van der Waals surface area (Å²) in [6.07, 6.45) is 7.42. The number of carboxylic acids is 1. The first-order valence-electron chi connectivity index (χ1n) is 14.4. The van der Waals surface area contributed by atoms with Crippen molar-refractivity contribution in [3.63, 3.8) is 0 Å². The number of benzene rings is 2. The number of rotatable bonds is 13. The standard InChI is InChI=1S/C32H46ClFN2O2/c1-6-24(7-2)30-23(4)19-27(34)21-29(30)31(32(37)38)35(5)17-13-25(14-18-36-15-9-8-10-16-36)28-20-26(33)12-11-22(28)3/h11-12,19-21,24-25,31H,6-10,13-18H2,1-5H3,(H,37,38)/t25-,31?/m1/s1. The Hall–Kier alpha value is -1.95. The van der Waals surface area contributed by atoms with Crippen molar-refractivity contribution in [2.75, 3.05) is 33.2 Å². The molecule has 1 aliphatic rings. The summed E-state index contributed by atoms with van der Waals surface area (Å²) in [4.78, 5) is 17.1. The third-order valence-electron chi connectivity index (χ3n) is 8.50. The molecule has 0 aromatic heterocycles. The first kappa shape index (κ1) is 30.6. The monoisotopic (exact) mass is 544 g/mol. The van der Waals surface area contributed by atoms with E-state index in [0.717, 1.165) is 61.5 Å². The zero-order valence-corrected chi connectivity index (χ0v) is 24.7. The van der Waals surface area contributed by atoms with Crippen LogP contribution in [-0.2, 0) is 4.79 Å². The van der Waals surface area contributed by atoms with E-state index in [-0.39, 0.29) is 17.7 Å². The molecule has 1 aliphatic heterocycles. The molecule has 2 aromatic carbocycles. The van der Waals surface area contributed by atoms with E-state index in [0.29, 0.717) is 12.1 Å². The highest BCUT2D eigenvalue weighted by atomic mass is 35.5. The lowest BCUT2D eigenvalue weighted by Gasteiger charge is -2.32. The van der Waals surface area contributed by atoms with Gasteiger partial charge in [-0.3, -0.25) is 9.69 Å². The maximum absolute atomic E-state index is 14.6. The molecule has 4 nitrogen and oxygen atoms in total. The van der Waals surface area contributed by atoms with Crippen LogP contribution in [-0.4, -0.2) is 54.1 Å². The molecule has 0 radical (unpaired) electrons. The second-order valence-corrected chi connectivity index (χ2v) is 11.6. The molecule has 0 bridgehead atoms. The first-order valence-corrected chi connectivity index (χ1v) is 14.7. The van der Waals surface area contributed by atoms with Gasteiger partial charge in [0.2, 0.25) is 0 Å². The van der Waals surface area contributed by atoms with Gasteiger partial charge in [-0.2, -0.15) is 0 Å². The van der Waals surface area contributed by atoms with Gasteiger partial charge >= 0.3 is 5.97 Å². The van der Waals surface area contributed by atoms with Crippen molar-refractivity contribution in [2.24, 2.45) is 0 Å². The van der Waals surface area contributed by atoms with E-state index >= 15 is 0 Å². The molecule has 0 amide bonds. The molecule has 1 heterocycles. The third-order valence-corrected chi connectivity index (χ3v) is 8.74. The van der Waals surface area contributed by atoms with Crippen molar-refractivity contribution in [3.05, 3.63) is 69.0 Å². The van der Waals surface area contributed by atoms with Gasteiger partial charge in [0.25, 0.3) is 0 Å². The average molecular weight is 545 g/mol. The second-order valence-electron chi connectivity index (χ2n) is 11.1. The molecule has 0 spiro atoms. The number of hydrogen-bond donors (Lipinski definition) is 1. The van der Waals surface area contributed by atoms with Crippen LogP contribution in [0.4, 0.5) is 4.39 Å². The van der Waals surface area contributed by atoms with Gasteiger partial charge in [0, 0.05) is 5.02 Å². The molecule has 210 valence electrons. The summed E-state index contributed by atoms with van der Waals surface area (Å²) >= 11 is 6.41. The molecule has 3 rings (SSSR count). The summed E-state index contributed by atoms with van der Waals surface area (Å²) in [5, 5.41) is 11.1. The maximum Gasteiger partial charge on any atom is 0.325 e. The Morgan fingerprint density at radius 3 is 2.32 bits per heavy atom. The molecular weight excluding hydrogens is 499 g/mol. The van der Waals surface area contributed by atoms with Crippen LogP contribution in [0.2, 0.25) is 5.02 Å². The fraction of sp³-hybridized carbons (Fsp3) is 0.594. The lowest BCUT2D eigenvalue weighted by Crippen LogP contribution is -2.34. The van der Waals surface area contributed by atoms with E-state index in [9.17, 15) is 14.3 Å². The minimum atomic E-state index is -0.937. The molecule has 1 saturated heterocycles. The summed E-state index contributed by atoms with van der Waals surface area (Å²) < 4.78 is 14.6. The van der Waals surface area contributed by atoms with Crippen LogP contribution in [0.1, 0.15) is 104 Å². The highest BCUT2D eigenvalue weighted by Crippen LogP contribution is 2.37. The Kier molecular flexibility index (Phi) is 11.6. The number of nitrogens with zero attached hydrogens (tertiary/aromatic N) is 2. The molecule has 1 fully saturated rings. The van der Waals surface area contributed by atoms with Crippen LogP contribution in [0, 0.1) is 19.7 Å². The number of piperidine rings is 1. The van der Waals surface area contributed by atoms with E-state index < -0.39 is 12.0 Å². The van der Waals surface area contributed by atoms with E-state index in [4.69, 9.17) is 11.6 Å². The second kappa shape index (κ2) is 14.4. The van der Waals surface area contributed by atoms with Crippen molar-refractivity contribution in [2.45, 2.75) is 90.5 Å². The van der Waals surface area contributed by atoms with Crippen molar-refractivity contribution >= 4 is 17.6 Å². The van der Waals surface area contributed by atoms with Crippen LogP contribution < -0.4 is 0 Å². The number of aryl methyl sites for hydroxylation is 2. The van der Waals surface area contributed by atoms with Crippen LogP contribution in [0.5, 0.6) is 0 Å². The Labute approximate surface area is 234 Å². The van der Waals surface area contributed by atoms with Gasteiger partial charge in [0.05, 0.1) is 0 Å². The molecule has 2 atom stereocenters. The van der Waals surface area contributed by atoms with Crippen molar-refractivity contribution < 1.29 is 14.3 Å². The first-order chi connectivity index (χ1) is 18.2. The van der Waals surface area contributed by atoms with E-state index in [1.807, 2.05) is 24.9 Å². The Bertz CT molecular complexity index is 1070.